The molecule has 0 saturated carbocycles. The number of hydrazine groups is 1. The van der Waals surface area contributed by atoms with Crippen LogP contribution in [0.5, 0.6) is 0 Å². The molecule has 0 saturated heterocycles. The SMILES string of the molecule is Cc1ccc(C(Cc2cccc(Cl)c2Cl)NN)c(C)n1. The minimum absolute atomic E-state index is 0.0564. The predicted octanol–water partition coefficient (Wildman–Crippen LogP) is 3.75. The lowest BCUT2D eigenvalue weighted by molar-refractivity contribution is 0.547. The Hall–Kier alpha value is -1.13. The third-order valence-corrected chi connectivity index (χ3v) is 4.16. The van der Waals surface area contributed by atoms with Crippen LogP contribution in [0.1, 0.15) is 28.6 Å². The van der Waals surface area contributed by atoms with Gasteiger partial charge in [0.15, 0.2) is 0 Å². The number of nitrogens with two attached hydrogens (primary N) is 1. The molecule has 2 rings (SSSR count). The highest BCUT2D eigenvalue weighted by Crippen LogP contribution is 2.29. The van der Waals surface area contributed by atoms with E-state index in [0.717, 1.165) is 22.5 Å². The molecule has 3 N–H and O–H groups in total. The van der Waals surface area contributed by atoms with E-state index >= 15 is 0 Å². The van der Waals surface area contributed by atoms with Gasteiger partial charge in [-0.15, -0.1) is 0 Å². The van der Waals surface area contributed by atoms with Crippen LogP contribution in [0.25, 0.3) is 0 Å². The molecule has 1 atom stereocenters. The molecule has 0 aliphatic rings. The molecule has 0 bridgehead atoms. The summed E-state index contributed by atoms with van der Waals surface area (Å²) in [7, 11) is 0. The number of hydrogen-bond acceptors (Lipinski definition) is 3. The summed E-state index contributed by atoms with van der Waals surface area (Å²) in [4.78, 5) is 4.47. The van der Waals surface area contributed by atoms with Crippen LogP contribution in [0.2, 0.25) is 10.0 Å². The van der Waals surface area contributed by atoms with E-state index in [4.69, 9.17) is 29.0 Å². The van der Waals surface area contributed by atoms with Crippen molar-refractivity contribution in [3.63, 3.8) is 0 Å². The Kier molecular flexibility index (Phi) is 5.00. The van der Waals surface area contributed by atoms with Crippen molar-refractivity contribution in [3.8, 4) is 0 Å². The molecule has 1 aromatic heterocycles. The molecule has 0 radical (unpaired) electrons. The lowest BCUT2D eigenvalue weighted by Crippen LogP contribution is -2.30. The Morgan fingerprint density at radius 3 is 2.60 bits per heavy atom. The standard InChI is InChI=1S/C15H17Cl2N3/c1-9-6-7-12(10(2)19-9)14(20-18)8-11-4-3-5-13(16)15(11)17/h3-7,14,20H,8,18H2,1-2H3. The number of hydrogen-bond donors (Lipinski definition) is 2. The number of aromatic nitrogens is 1. The van der Waals surface area contributed by atoms with Crippen LogP contribution in [-0.4, -0.2) is 4.98 Å². The maximum Gasteiger partial charge on any atom is 0.0624 e. The van der Waals surface area contributed by atoms with Gasteiger partial charge >= 0.3 is 0 Å². The third-order valence-electron chi connectivity index (χ3n) is 3.30. The van der Waals surface area contributed by atoms with Crippen molar-refractivity contribution in [2.75, 3.05) is 0 Å². The van der Waals surface area contributed by atoms with Gasteiger partial charge in [-0.3, -0.25) is 16.3 Å². The average Bonchev–Trinajstić information content (AvgIpc) is 2.41. The summed E-state index contributed by atoms with van der Waals surface area (Å²) in [5.74, 6) is 5.69. The van der Waals surface area contributed by atoms with Crippen molar-refractivity contribution in [3.05, 3.63) is 62.9 Å². The first kappa shape index (κ1) is 15.3. The number of aryl methyl sites for hydroxylation is 2. The summed E-state index contributed by atoms with van der Waals surface area (Å²) < 4.78 is 0. The number of nitrogens with one attached hydrogen (secondary N) is 1. The summed E-state index contributed by atoms with van der Waals surface area (Å²) in [6.07, 6.45) is 0.654. The number of nitrogens with zero attached hydrogens (tertiary/aromatic N) is 1. The topological polar surface area (TPSA) is 50.9 Å². The van der Waals surface area contributed by atoms with E-state index in [1.165, 1.54) is 0 Å². The summed E-state index contributed by atoms with van der Waals surface area (Å²) in [5.41, 5.74) is 6.81. The molecule has 3 nitrogen and oxygen atoms in total. The van der Waals surface area contributed by atoms with E-state index in [2.05, 4.69) is 10.4 Å². The van der Waals surface area contributed by atoms with Gasteiger partial charge in [0.2, 0.25) is 0 Å². The second-order valence-corrected chi connectivity index (χ2v) is 5.55. The zero-order chi connectivity index (χ0) is 14.7. The molecular weight excluding hydrogens is 293 g/mol. The van der Waals surface area contributed by atoms with E-state index in [1.807, 2.05) is 38.1 Å². The van der Waals surface area contributed by atoms with Crippen LogP contribution in [0.15, 0.2) is 30.3 Å². The maximum absolute atomic E-state index is 6.23. The Labute approximate surface area is 129 Å². The number of pyridine rings is 1. The van der Waals surface area contributed by atoms with Crippen LogP contribution >= 0.6 is 23.2 Å². The van der Waals surface area contributed by atoms with E-state index < -0.39 is 0 Å². The van der Waals surface area contributed by atoms with Gasteiger partial charge in [0, 0.05) is 11.4 Å². The molecule has 0 aliphatic carbocycles. The molecule has 106 valence electrons. The summed E-state index contributed by atoms with van der Waals surface area (Å²) in [6.45, 7) is 3.95. The van der Waals surface area contributed by atoms with Gasteiger partial charge in [-0.1, -0.05) is 41.4 Å². The molecule has 1 heterocycles. The first-order valence-corrected chi connectivity index (χ1v) is 7.11. The van der Waals surface area contributed by atoms with Gasteiger partial charge in [-0.25, -0.2) is 0 Å². The lowest BCUT2D eigenvalue weighted by atomic mass is 9.98. The summed E-state index contributed by atoms with van der Waals surface area (Å²) >= 11 is 12.3. The Bertz CT molecular complexity index is 614. The second-order valence-electron chi connectivity index (χ2n) is 4.76. The van der Waals surface area contributed by atoms with Crippen molar-refractivity contribution in [1.29, 1.82) is 0 Å². The van der Waals surface area contributed by atoms with E-state index in [9.17, 15) is 0 Å². The molecule has 0 aliphatic heterocycles. The summed E-state index contributed by atoms with van der Waals surface area (Å²) in [6, 6.07) is 9.58. The average molecular weight is 310 g/mol. The highest BCUT2D eigenvalue weighted by Gasteiger charge is 2.16. The minimum atomic E-state index is -0.0564. The largest absolute Gasteiger partial charge is 0.271 e. The highest BCUT2D eigenvalue weighted by molar-refractivity contribution is 6.42. The number of benzene rings is 1. The predicted molar refractivity (Wildman–Crippen MR) is 83.9 cm³/mol. The van der Waals surface area contributed by atoms with Gasteiger partial charge in [-0.2, -0.15) is 0 Å². The highest BCUT2D eigenvalue weighted by atomic mass is 35.5. The molecule has 1 aromatic carbocycles. The normalized spacial score (nSPS) is 12.4. The van der Waals surface area contributed by atoms with E-state index in [0.29, 0.717) is 16.5 Å². The zero-order valence-corrected chi connectivity index (χ0v) is 13.0. The van der Waals surface area contributed by atoms with Crippen molar-refractivity contribution < 1.29 is 0 Å². The zero-order valence-electron chi connectivity index (χ0n) is 11.5. The monoisotopic (exact) mass is 309 g/mol. The Morgan fingerprint density at radius 1 is 1.20 bits per heavy atom. The van der Waals surface area contributed by atoms with Gasteiger partial charge in [0.25, 0.3) is 0 Å². The van der Waals surface area contributed by atoms with Crippen LogP contribution in [-0.2, 0) is 6.42 Å². The van der Waals surface area contributed by atoms with E-state index in [-0.39, 0.29) is 6.04 Å². The number of halogens is 2. The van der Waals surface area contributed by atoms with Crippen LogP contribution < -0.4 is 11.3 Å². The van der Waals surface area contributed by atoms with Crippen molar-refractivity contribution in [2.24, 2.45) is 5.84 Å². The summed E-state index contributed by atoms with van der Waals surface area (Å²) in [5, 5.41) is 1.13. The van der Waals surface area contributed by atoms with Crippen LogP contribution in [0.4, 0.5) is 0 Å². The molecule has 0 fully saturated rings. The van der Waals surface area contributed by atoms with Crippen molar-refractivity contribution >= 4 is 23.2 Å². The van der Waals surface area contributed by atoms with Gasteiger partial charge in [0.1, 0.15) is 0 Å². The van der Waals surface area contributed by atoms with Gasteiger partial charge in [0.05, 0.1) is 16.1 Å². The fourth-order valence-electron chi connectivity index (χ4n) is 2.25. The third kappa shape index (κ3) is 3.30. The fourth-order valence-corrected chi connectivity index (χ4v) is 2.65. The smallest absolute Gasteiger partial charge is 0.0624 e. The van der Waals surface area contributed by atoms with Gasteiger partial charge < -0.3 is 0 Å². The van der Waals surface area contributed by atoms with Crippen molar-refractivity contribution in [2.45, 2.75) is 26.3 Å². The Morgan fingerprint density at radius 2 is 1.95 bits per heavy atom. The van der Waals surface area contributed by atoms with Crippen molar-refractivity contribution in [1.82, 2.24) is 10.4 Å². The number of rotatable bonds is 4. The van der Waals surface area contributed by atoms with Crippen LogP contribution in [0, 0.1) is 13.8 Å². The first-order chi connectivity index (χ1) is 9.52. The maximum atomic E-state index is 6.23. The quantitative estimate of drug-likeness (QED) is 0.668. The van der Waals surface area contributed by atoms with E-state index in [1.54, 1.807) is 6.07 Å². The molecular formula is C15H17Cl2N3. The molecule has 0 amide bonds. The van der Waals surface area contributed by atoms with Crippen LogP contribution in [0.3, 0.4) is 0 Å². The minimum Gasteiger partial charge on any atom is -0.271 e. The molecule has 1 unspecified atom stereocenters. The molecule has 2 aromatic rings. The molecule has 5 heteroatoms. The van der Waals surface area contributed by atoms with Gasteiger partial charge in [-0.05, 0) is 43.5 Å². The fraction of sp³-hybridized carbons (Fsp3) is 0.267. The second kappa shape index (κ2) is 6.55. The molecule has 20 heavy (non-hydrogen) atoms. The molecule has 0 spiro atoms. The first-order valence-electron chi connectivity index (χ1n) is 6.36. The Balaban J connectivity index is 2.31. The lowest BCUT2D eigenvalue weighted by Gasteiger charge is -2.19.